The van der Waals surface area contributed by atoms with Gasteiger partial charge in [0.05, 0.1) is 28.7 Å². The molecule has 0 fully saturated rings. The van der Waals surface area contributed by atoms with E-state index in [9.17, 15) is 9.59 Å². The van der Waals surface area contributed by atoms with Gasteiger partial charge in [-0.1, -0.05) is 24.6 Å². The van der Waals surface area contributed by atoms with Gasteiger partial charge in [-0.15, -0.1) is 21.5 Å². The Morgan fingerprint density at radius 3 is 2.93 bits per heavy atom. The molecule has 0 spiro atoms. The van der Waals surface area contributed by atoms with Crippen LogP contribution in [0.15, 0.2) is 51.3 Å². The number of nitrogens with zero attached hydrogens (tertiary/aromatic N) is 5. The van der Waals surface area contributed by atoms with E-state index < -0.39 is 0 Å². The highest BCUT2D eigenvalue weighted by Gasteiger charge is 2.19. The number of halogens is 1. The predicted molar refractivity (Wildman–Crippen MR) is 114 cm³/mol. The number of amides is 1. The number of aromatic nitrogens is 4. The number of rotatable bonds is 7. The van der Waals surface area contributed by atoms with Crippen LogP contribution < -0.4 is 5.56 Å². The SMILES string of the molecule is CCCN(Cc1nnc(-c2cccs2)o1)C(=O)Cn1cnc2ccc(Cl)cc2c1=O. The summed E-state index contributed by atoms with van der Waals surface area (Å²) in [6, 6.07) is 8.70. The highest BCUT2D eigenvalue weighted by Crippen LogP contribution is 2.23. The number of carbonyl (C=O) groups is 1. The highest BCUT2D eigenvalue weighted by atomic mass is 35.5. The van der Waals surface area contributed by atoms with Gasteiger partial charge in [0.15, 0.2) is 0 Å². The van der Waals surface area contributed by atoms with Gasteiger partial charge in [-0.05, 0) is 36.1 Å². The number of thiophene rings is 1. The van der Waals surface area contributed by atoms with Crippen LogP contribution in [0.2, 0.25) is 5.02 Å². The van der Waals surface area contributed by atoms with Crippen molar-refractivity contribution in [2.24, 2.45) is 0 Å². The standard InChI is InChI=1S/C20H18ClN5O3S/c1-2-7-25(10-17-23-24-19(29-17)16-4-3-8-30-16)18(27)11-26-12-22-15-6-5-13(21)9-14(15)20(26)28/h3-6,8-9,12H,2,7,10-11H2,1H3. The third-order valence-electron chi connectivity index (χ3n) is 4.46. The molecule has 0 atom stereocenters. The van der Waals surface area contributed by atoms with Crippen molar-refractivity contribution >= 4 is 39.7 Å². The fraction of sp³-hybridized carbons (Fsp3) is 0.250. The first-order chi connectivity index (χ1) is 14.5. The van der Waals surface area contributed by atoms with Gasteiger partial charge in [0, 0.05) is 11.6 Å². The van der Waals surface area contributed by atoms with Gasteiger partial charge in [-0.25, -0.2) is 4.98 Å². The maximum Gasteiger partial charge on any atom is 0.261 e. The lowest BCUT2D eigenvalue weighted by Crippen LogP contribution is -2.36. The van der Waals surface area contributed by atoms with Crippen LogP contribution in [0.5, 0.6) is 0 Å². The molecule has 0 unspecified atom stereocenters. The third-order valence-corrected chi connectivity index (χ3v) is 5.56. The Balaban J connectivity index is 1.53. The second-order valence-corrected chi connectivity index (χ2v) is 8.02. The summed E-state index contributed by atoms with van der Waals surface area (Å²) in [7, 11) is 0. The highest BCUT2D eigenvalue weighted by molar-refractivity contribution is 7.13. The molecule has 8 nitrogen and oxygen atoms in total. The van der Waals surface area contributed by atoms with E-state index in [0.29, 0.717) is 34.3 Å². The first-order valence-electron chi connectivity index (χ1n) is 9.34. The third kappa shape index (κ3) is 4.27. The summed E-state index contributed by atoms with van der Waals surface area (Å²) in [5.41, 5.74) is 0.218. The van der Waals surface area contributed by atoms with Crippen molar-refractivity contribution in [3.63, 3.8) is 0 Å². The second-order valence-electron chi connectivity index (χ2n) is 6.63. The van der Waals surface area contributed by atoms with Crippen molar-refractivity contribution in [1.29, 1.82) is 0 Å². The van der Waals surface area contributed by atoms with E-state index in [2.05, 4.69) is 15.2 Å². The molecule has 0 N–H and O–H groups in total. The molecule has 1 aromatic carbocycles. The first kappa shape index (κ1) is 20.2. The Labute approximate surface area is 180 Å². The summed E-state index contributed by atoms with van der Waals surface area (Å²) in [6.45, 7) is 2.50. The maximum atomic E-state index is 12.9. The summed E-state index contributed by atoms with van der Waals surface area (Å²) >= 11 is 7.49. The number of carbonyl (C=O) groups excluding carboxylic acids is 1. The molecule has 0 aliphatic heterocycles. The molecule has 3 heterocycles. The van der Waals surface area contributed by atoms with Crippen molar-refractivity contribution in [1.82, 2.24) is 24.6 Å². The largest absolute Gasteiger partial charge is 0.418 e. The maximum absolute atomic E-state index is 12.9. The zero-order chi connectivity index (χ0) is 21.1. The van der Waals surface area contributed by atoms with Crippen LogP contribution in [0.3, 0.4) is 0 Å². The Hall–Kier alpha value is -3.04. The lowest BCUT2D eigenvalue weighted by atomic mass is 10.2. The monoisotopic (exact) mass is 443 g/mol. The molecule has 4 aromatic rings. The molecular weight excluding hydrogens is 426 g/mol. The van der Waals surface area contributed by atoms with Gasteiger partial charge in [0.25, 0.3) is 11.4 Å². The van der Waals surface area contributed by atoms with Crippen molar-refractivity contribution in [2.45, 2.75) is 26.4 Å². The van der Waals surface area contributed by atoms with Gasteiger partial charge in [-0.3, -0.25) is 14.2 Å². The summed E-state index contributed by atoms with van der Waals surface area (Å²) in [4.78, 5) is 32.4. The van der Waals surface area contributed by atoms with Crippen LogP contribution >= 0.6 is 22.9 Å². The molecular formula is C20H18ClN5O3S. The average Bonchev–Trinajstić information content (AvgIpc) is 3.42. The Morgan fingerprint density at radius 1 is 1.30 bits per heavy atom. The smallest absolute Gasteiger partial charge is 0.261 e. The zero-order valence-electron chi connectivity index (χ0n) is 16.1. The van der Waals surface area contributed by atoms with Gasteiger partial charge < -0.3 is 9.32 Å². The Kier molecular flexibility index (Phi) is 5.91. The normalized spacial score (nSPS) is 11.1. The van der Waals surface area contributed by atoms with E-state index in [4.69, 9.17) is 16.0 Å². The van der Waals surface area contributed by atoms with Gasteiger partial charge in [0.1, 0.15) is 6.54 Å². The van der Waals surface area contributed by atoms with E-state index >= 15 is 0 Å². The van der Waals surface area contributed by atoms with E-state index in [0.717, 1.165) is 11.3 Å². The average molecular weight is 444 g/mol. The minimum atomic E-state index is -0.315. The molecule has 0 aliphatic carbocycles. The molecule has 0 saturated carbocycles. The first-order valence-corrected chi connectivity index (χ1v) is 10.6. The molecule has 4 rings (SSSR count). The minimum absolute atomic E-state index is 0.139. The van der Waals surface area contributed by atoms with E-state index in [1.807, 2.05) is 24.4 Å². The molecule has 0 saturated heterocycles. The molecule has 154 valence electrons. The lowest BCUT2D eigenvalue weighted by Gasteiger charge is -2.20. The van der Waals surface area contributed by atoms with Crippen molar-refractivity contribution in [3.8, 4) is 10.8 Å². The van der Waals surface area contributed by atoms with Crippen molar-refractivity contribution in [2.75, 3.05) is 6.54 Å². The number of hydrogen-bond acceptors (Lipinski definition) is 7. The topological polar surface area (TPSA) is 94.1 Å². The van der Waals surface area contributed by atoms with Gasteiger partial charge in [-0.2, -0.15) is 0 Å². The summed E-state index contributed by atoms with van der Waals surface area (Å²) in [5, 5.41) is 10.8. The van der Waals surface area contributed by atoms with Gasteiger partial charge in [0.2, 0.25) is 11.8 Å². The molecule has 10 heteroatoms. The molecule has 0 radical (unpaired) electrons. The molecule has 0 bridgehead atoms. The van der Waals surface area contributed by atoms with Crippen LogP contribution in [0.4, 0.5) is 0 Å². The van der Waals surface area contributed by atoms with Crippen LogP contribution in [-0.2, 0) is 17.9 Å². The predicted octanol–water partition coefficient (Wildman–Crippen LogP) is 3.60. The van der Waals surface area contributed by atoms with Crippen molar-refractivity contribution < 1.29 is 9.21 Å². The second kappa shape index (κ2) is 8.76. The van der Waals surface area contributed by atoms with Crippen LogP contribution in [-0.4, -0.2) is 37.1 Å². The van der Waals surface area contributed by atoms with E-state index in [1.165, 1.54) is 22.2 Å². The van der Waals surface area contributed by atoms with E-state index in [1.54, 1.807) is 23.1 Å². The molecule has 0 aliphatic rings. The summed E-state index contributed by atoms with van der Waals surface area (Å²) in [5.74, 6) is 0.532. The molecule has 1 amide bonds. The summed E-state index contributed by atoms with van der Waals surface area (Å²) in [6.07, 6.45) is 2.13. The van der Waals surface area contributed by atoms with Crippen LogP contribution in [0.1, 0.15) is 19.2 Å². The number of hydrogen-bond donors (Lipinski definition) is 0. The Bertz CT molecular complexity index is 1230. The van der Waals surface area contributed by atoms with Gasteiger partial charge >= 0.3 is 0 Å². The molecule has 30 heavy (non-hydrogen) atoms. The number of fused-ring (bicyclic) bond motifs is 1. The minimum Gasteiger partial charge on any atom is -0.418 e. The van der Waals surface area contributed by atoms with Crippen LogP contribution in [0.25, 0.3) is 21.7 Å². The van der Waals surface area contributed by atoms with Crippen LogP contribution in [0, 0.1) is 0 Å². The molecule has 3 aromatic heterocycles. The Morgan fingerprint density at radius 2 is 2.17 bits per heavy atom. The lowest BCUT2D eigenvalue weighted by molar-refractivity contribution is -0.132. The quantitative estimate of drug-likeness (QED) is 0.433. The zero-order valence-corrected chi connectivity index (χ0v) is 17.7. The van der Waals surface area contributed by atoms with E-state index in [-0.39, 0.29) is 24.6 Å². The van der Waals surface area contributed by atoms with Crippen molar-refractivity contribution in [3.05, 3.63) is 63.3 Å². The fourth-order valence-corrected chi connectivity index (χ4v) is 3.85. The fourth-order valence-electron chi connectivity index (χ4n) is 3.03. The summed E-state index contributed by atoms with van der Waals surface area (Å²) < 4.78 is 6.98. The number of benzene rings is 1.